The number of nitrogens with one attached hydrogen (secondary N) is 1. The van der Waals surface area contributed by atoms with Crippen LogP contribution in [0, 0.1) is 5.92 Å². The molecule has 1 saturated heterocycles. The van der Waals surface area contributed by atoms with Gasteiger partial charge in [0.15, 0.2) is 5.96 Å². The number of halogens is 1. The highest BCUT2D eigenvalue weighted by molar-refractivity contribution is 14.0. The van der Waals surface area contributed by atoms with E-state index >= 15 is 0 Å². The van der Waals surface area contributed by atoms with E-state index < -0.39 is 0 Å². The monoisotopic (exact) mass is 473 g/mol. The molecule has 0 amide bonds. The van der Waals surface area contributed by atoms with Gasteiger partial charge in [0.1, 0.15) is 0 Å². The molecule has 1 fully saturated rings. The number of nitrogens with zero attached hydrogens (tertiary/aromatic N) is 2. The maximum atomic E-state index is 5.56. The third kappa shape index (κ3) is 7.43. The van der Waals surface area contributed by atoms with Gasteiger partial charge in [-0.15, -0.1) is 24.0 Å². The van der Waals surface area contributed by atoms with Crippen molar-refractivity contribution in [3.8, 4) is 0 Å². The molecule has 1 N–H and O–H groups in total. The molecule has 0 aromatic heterocycles. The molecule has 1 heterocycles. The molecule has 1 unspecified atom stereocenters. The second-order valence-corrected chi connectivity index (χ2v) is 7.23. The molecule has 1 aromatic rings. The Morgan fingerprint density at radius 1 is 1.31 bits per heavy atom. The molecule has 1 aliphatic heterocycles. The summed E-state index contributed by atoms with van der Waals surface area (Å²) in [4.78, 5) is 6.81. The van der Waals surface area contributed by atoms with Crippen LogP contribution in [0.5, 0.6) is 0 Å². The van der Waals surface area contributed by atoms with Crippen LogP contribution in [0.2, 0.25) is 0 Å². The highest BCUT2D eigenvalue weighted by Gasteiger charge is 2.24. The first-order chi connectivity index (χ1) is 12.1. The number of rotatable bonds is 8. The van der Waals surface area contributed by atoms with Gasteiger partial charge >= 0.3 is 0 Å². The Morgan fingerprint density at radius 2 is 2.04 bits per heavy atom. The topological polar surface area (TPSA) is 36.9 Å². The highest BCUT2D eigenvalue weighted by atomic mass is 127. The second-order valence-electron chi connectivity index (χ2n) is 7.23. The van der Waals surface area contributed by atoms with E-state index in [2.05, 4.69) is 60.2 Å². The van der Waals surface area contributed by atoms with Gasteiger partial charge in [-0.3, -0.25) is 4.99 Å². The summed E-state index contributed by atoms with van der Waals surface area (Å²) in [5.74, 6) is 2.28. The van der Waals surface area contributed by atoms with Gasteiger partial charge in [0.25, 0.3) is 0 Å². The molecule has 148 valence electrons. The summed E-state index contributed by atoms with van der Waals surface area (Å²) in [5.41, 5.74) is 2.83. The van der Waals surface area contributed by atoms with Crippen LogP contribution in [0.1, 0.15) is 50.7 Å². The average molecular weight is 473 g/mol. The predicted octanol–water partition coefficient (Wildman–Crippen LogP) is 4.29. The van der Waals surface area contributed by atoms with Crippen molar-refractivity contribution in [2.75, 3.05) is 39.9 Å². The van der Waals surface area contributed by atoms with Crippen LogP contribution >= 0.6 is 24.0 Å². The van der Waals surface area contributed by atoms with Crippen LogP contribution in [-0.2, 0) is 11.2 Å². The van der Waals surface area contributed by atoms with Crippen LogP contribution in [0.25, 0.3) is 0 Å². The van der Waals surface area contributed by atoms with E-state index in [1.807, 2.05) is 7.05 Å². The van der Waals surface area contributed by atoms with Crippen molar-refractivity contribution < 1.29 is 4.74 Å². The summed E-state index contributed by atoms with van der Waals surface area (Å²) >= 11 is 0. The highest BCUT2D eigenvalue weighted by Crippen LogP contribution is 2.17. The van der Waals surface area contributed by atoms with Crippen molar-refractivity contribution in [2.24, 2.45) is 10.9 Å². The van der Waals surface area contributed by atoms with Crippen molar-refractivity contribution in [2.45, 2.75) is 46.0 Å². The van der Waals surface area contributed by atoms with Crippen molar-refractivity contribution in [1.29, 1.82) is 0 Å². The first kappa shape index (κ1) is 23.2. The average Bonchev–Trinajstić information content (AvgIpc) is 3.09. The molecule has 4 nitrogen and oxygen atoms in total. The molecule has 0 bridgehead atoms. The summed E-state index contributed by atoms with van der Waals surface area (Å²) in [6.45, 7) is 11.3. The second kappa shape index (κ2) is 12.5. The lowest BCUT2D eigenvalue weighted by Gasteiger charge is -2.21. The fourth-order valence-electron chi connectivity index (χ4n) is 3.34. The predicted molar refractivity (Wildman–Crippen MR) is 122 cm³/mol. The van der Waals surface area contributed by atoms with E-state index in [4.69, 9.17) is 4.74 Å². The van der Waals surface area contributed by atoms with Crippen molar-refractivity contribution in [1.82, 2.24) is 10.2 Å². The smallest absolute Gasteiger partial charge is 0.193 e. The number of hydrogen-bond acceptors (Lipinski definition) is 2. The Kier molecular flexibility index (Phi) is 11.2. The lowest BCUT2D eigenvalue weighted by atomic mass is 10.0. The number of hydrogen-bond donors (Lipinski definition) is 1. The zero-order valence-corrected chi connectivity index (χ0v) is 19.2. The molecule has 0 saturated carbocycles. The molecule has 26 heavy (non-hydrogen) atoms. The molecule has 1 atom stereocenters. The number of likely N-dealkylation sites (tertiary alicyclic amines) is 1. The fraction of sp³-hybridized carbons (Fsp3) is 0.667. The summed E-state index contributed by atoms with van der Waals surface area (Å²) in [7, 11) is 1.88. The number of ether oxygens (including phenoxy) is 1. The van der Waals surface area contributed by atoms with Gasteiger partial charge in [-0.05, 0) is 43.2 Å². The molecular weight excluding hydrogens is 437 g/mol. The van der Waals surface area contributed by atoms with Gasteiger partial charge in [0, 0.05) is 39.2 Å². The lowest BCUT2D eigenvalue weighted by Crippen LogP contribution is -2.40. The van der Waals surface area contributed by atoms with Crippen LogP contribution in [0.4, 0.5) is 0 Å². The van der Waals surface area contributed by atoms with Crippen LogP contribution in [-0.4, -0.2) is 50.8 Å². The Balaban J connectivity index is 0.00000338. The van der Waals surface area contributed by atoms with Gasteiger partial charge in [-0.2, -0.15) is 0 Å². The lowest BCUT2D eigenvalue weighted by molar-refractivity contribution is 0.114. The Morgan fingerprint density at radius 3 is 2.65 bits per heavy atom. The van der Waals surface area contributed by atoms with Gasteiger partial charge in [0.2, 0.25) is 0 Å². The van der Waals surface area contributed by atoms with Crippen LogP contribution in [0.3, 0.4) is 0 Å². The standard InChI is InChI=1S/C21H35N3O.HI/c1-5-25-16-19-12-14-24(15-19)21(22-4)23-13-6-7-18-8-10-20(11-9-18)17(2)3;/h8-11,17,19H,5-7,12-16H2,1-4H3,(H,22,23);1H. The van der Waals surface area contributed by atoms with Gasteiger partial charge in [-0.25, -0.2) is 0 Å². The zero-order valence-electron chi connectivity index (χ0n) is 16.8. The summed E-state index contributed by atoms with van der Waals surface area (Å²) in [5, 5.41) is 3.52. The zero-order chi connectivity index (χ0) is 18.1. The number of aryl methyl sites for hydroxylation is 1. The molecule has 0 radical (unpaired) electrons. The Hall–Kier alpha value is -0.820. The minimum absolute atomic E-state index is 0. The van der Waals surface area contributed by atoms with Crippen LogP contribution < -0.4 is 5.32 Å². The SMILES string of the molecule is CCOCC1CCN(C(=NC)NCCCc2ccc(C(C)C)cc2)C1.I. The van der Waals surface area contributed by atoms with Crippen molar-refractivity contribution in [3.63, 3.8) is 0 Å². The van der Waals surface area contributed by atoms with Crippen molar-refractivity contribution >= 4 is 29.9 Å². The minimum Gasteiger partial charge on any atom is -0.381 e. The Labute approximate surface area is 176 Å². The molecule has 2 rings (SSSR count). The summed E-state index contributed by atoms with van der Waals surface area (Å²) < 4.78 is 5.56. The third-order valence-electron chi connectivity index (χ3n) is 4.93. The maximum absolute atomic E-state index is 5.56. The normalized spacial score (nSPS) is 17.5. The molecule has 0 aliphatic carbocycles. The fourth-order valence-corrected chi connectivity index (χ4v) is 3.34. The van der Waals surface area contributed by atoms with E-state index in [9.17, 15) is 0 Å². The largest absolute Gasteiger partial charge is 0.381 e. The first-order valence-corrected chi connectivity index (χ1v) is 9.76. The quantitative estimate of drug-likeness (QED) is 0.265. The van der Waals surface area contributed by atoms with E-state index in [0.717, 1.165) is 51.6 Å². The van der Waals surface area contributed by atoms with E-state index in [-0.39, 0.29) is 24.0 Å². The summed E-state index contributed by atoms with van der Waals surface area (Å²) in [6.07, 6.45) is 3.43. The minimum atomic E-state index is 0. The van der Waals surface area contributed by atoms with E-state index in [1.165, 1.54) is 17.5 Å². The van der Waals surface area contributed by atoms with Crippen molar-refractivity contribution in [3.05, 3.63) is 35.4 Å². The van der Waals surface area contributed by atoms with Gasteiger partial charge < -0.3 is 15.0 Å². The van der Waals surface area contributed by atoms with E-state index in [1.54, 1.807) is 0 Å². The maximum Gasteiger partial charge on any atom is 0.193 e. The number of guanidine groups is 1. The molecule has 0 spiro atoms. The first-order valence-electron chi connectivity index (χ1n) is 9.76. The third-order valence-corrected chi connectivity index (χ3v) is 4.93. The number of aliphatic imine (C=N–C) groups is 1. The van der Waals surface area contributed by atoms with Gasteiger partial charge in [0.05, 0.1) is 6.61 Å². The molecule has 5 heteroatoms. The molecule has 1 aliphatic rings. The summed E-state index contributed by atoms with van der Waals surface area (Å²) in [6, 6.07) is 9.05. The molecule has 1 aromatic carbocycles. The van der Waals surface area contributed by atoms with Crippen LogP contribution in [0.15, 0.2) is 29.3 Å². The molecular formula is C21H36IN3O. The van der Waals surface area contributed by atoms with Gasteiger partial charge in [-0.1, -0.05) is 38.1 Å². The van der Waals surface area contributed by atoms with E-state index in [0.29, 0.717) is 11.8 Å². The number of benzene rings is 1. The Bertz CT molecular complexity index is 531.